The summed E-state index contributed by atoms with van der Waals surface area (Å²) in [6.45, 7) is 0. The van der Waals surface area contributed by atoms with E-state index in [9.17, 15) is 19.2 Å². The Morgan fingerprint density at radius 2 is 0.656 bits per heavy atom. The largest absolute Gasteiger partial charge is 0.270 e. The quantitative estimate of drug-likeness (QED) is 0.0723. The number of amides is 4. The number of benzene rings is 5. The van der Waals surface area contributed by atoms with E-state index in [0.29, 0.717) is 33.0 Å². The van der Waals surface area contributed by atoms with Crippen LogP contribution in [0, 0.1) is 0 Å². The molecule has 32 heavy (non-hydrogen) atoms. The lowest BCUT2D eigenvalue weighted by Crippen LogP contribution is -2.32. The highest BCUT2D eigenvalue weighted by Gasteiger charge is 2.35. The topological polar surface area (TPSA) is 74.8 Å². The van der Waals surface area contributed by atoms with Gasteiger partial charge in [0, 0.05) is 33.0 Å². The van der Waals surface area contributed by atoms with Gasteiger partial charge in [-0.3, -0.25) is 19.2 Å². The fourth-order valence-electron chi connectivity index (χ4n) is 5.21. The Kier molecular flexibility index (Phi) is 3.46. The number of carbonyl (C=O) groups excluding carboxylic acids is 4. The Bertz CT molecular complexity index is 1540. The lowest BCUT2D eigenvalue weighted by Gasteiger charge is -2.26. The van der Waals surface area contributed by atoms with Gasteiger partial charge in [-0.25, -0.2) is 6.23 Å². The van der Waals surface area contributed by atoms with E-state index in [4.69, 9.17) is 0 Å². The van der Waals surface area contributed by atoms with Crippen molar-refractivity contribution in [3.8, 4) is 0 Å². The van der Waals surface area contributed by atoms with Gasteiger partial charge in [0.05, 0.1) is 45.7 Å². The summed E-state index contributed by atoms with van der Waals surface area (Å²) >= 11 is 3.50. The third-order valence-electron chi connectivity index (χ3n) is 6.54. The molecule has 2 aliphatic rings. The molecule has 0 saturated carbocycles. The zero-order valence-electron chi connectivity index (χ0n) is 15.9. The minimum absolute atomic E-state index is 0.332. The van der Waals surface area contributed by atoms with Gasteiger partial charge in [0.15, 0.2) is 0 Å². The molecule has 5 aromatic carbocycles. The number of halogens is 2. The minimum atomic E-state index is -0.332. The molecule has 6 nitrogen and oxygen atoms in total. The van der Waals surface area contributed by atoms with E-state index < -0.39 is 0 Å². The van der Waals surface area contributed by atoms with Crippen LogP contribution in [0.2, 0.25) is 0 Å². The van der Waals surface area contributed by atoms with Crippen molar-refractivity contribution in [2.45, 2.75) is 0 Å². The lowest BCUT2D eigenvalue weighted by atomic mass is 9.83. The zero-order valence-corrected chi connectivity index (χ0v) is 20.2. The maximum absolute atomic E-state index is 12.8. The molecule has 4 amide bonds. The Labute approximate surface area is 207 Å². The number of nitrogens with zero attached hydrogens (tertiary/aromatic N) is 2. The average molecular weight is 642 g/mol. The van der Waals surface area contributed by atoms with Crippen LogP contribution in [0.1, 0.15) is 41.4 Å². The summed E-state index contributed by atoms with van der Waals surface area (Å²) in [4.78, 5) is 51.3. The van der Waals surface area contributed by atoms with Gasteiger partial charge in [-0.15, -0.1) is 0 Å². The third kappa shape index (κ3) is 1.97. The van der Waals surface area contributed by atoms with Gasteiger partial charge < -0.3 is 0 Å². The molecule has 0 aromatic heterocycles. The minimum Gasteiger partial charge on any atom is -0.268 e. The Hall–Kier alpha value is -2.86. The highest BCUT2D eigenvalue weighted by atomic mass is 127. The molecule has 0 spiro atoms. The molecule has 2 aliphatic heterocycles. The third-order valence-corrected chi connectivity index (χ3v) is 8.29. The van der Waals surface area contributed by atoms with Gasteiger partial charge in [-0.2, -0.15) is 0 Å². The molecule has 0 saturated heterocycles. The van der Waals surface area contributed by atoms with E-state index >= 15 is 0 Å². The number of rotatable bonds is 0. The molecule has 0 bridgehead atoms. The molecule has 0 radical (unpaired) electrons. The summed E-state index contributed by atoms with van der Waals surface area (Å²) in [7, 11) is 0. The highest BCUT2D eigenvalue weighted by Crippen LogP contribution is 2.46. The van der Waals surface area contributed by atoms with E-state index in [1.807, 2.05) is 24.3 Å². The predicted octanol–water partition coefficient (Wildman–Crippen LogP) is 5.63. The molecule has 0 unspecified atom stereocenters. The van der Waals surface area contributed by atoms with Crippen molar-refractivity contribution in [1.29, 1.82) is 0 Å². The number of imide groups is 2. The SMILES string of the molecule is O=C1c2ccc3c4ccc5c6c(ccc(c7ccc(c2c37)C(=O)N1I)c64)C(=O)N(I)C5=O. The maximum atomic E-state index is 12.8. The predicted molar refractivity (Wildman–Crippen MR) is 137 cm³/mol. The van der Waals surface area contributed by atoms with Crippen LogP contribution in [0.15, 0.2) is 48.5 Å². The van der Waals surface area contributed by atoms with E-state index in [2.05, 4.69) is 0 Å². The van der Waals surface area contributed by atoms with Crippen molar-refractivity contribution < 1.29 is 19.2 Å². The summed E-state index contributed by atoms with van der Waals surface area (Å²) < 4.78 is 2.23. The van der Waals surface area contributed by atoms with E-state index in [-0.39, 0.29) is 23.6 Å². The van der Waals surface area contributed by atoms with Crippen LogP contribution >= 0.6 is 45.7 Å². The van der Waals surface area contributed by atoms with Gasteiger partial charge in [0.2, 0.25) is 0 Å². The number of hydrogen-bond donors (Lipinski definition) is 0. The van der Waals surface area contributed by atoms with Gasteiger partial charge >= 0.3 is 0 Å². The van der Waals surface area contributed by atoms with Gasteiger partial charge in [-0.1, -0.05) is 24.3 Å². The summed E-state index contributed by atoms with van der Waals surface area (Å²) in [6.07, 6.45) is 0. The highest BCUT2D eigenvalue weighted by molar-refractivity contribution is 14.1. The first-order chi connectivity index (χ1) is 15.4. The molecule has 152 valence electrons. The molecule has 0 fully saturated rings. The summed E-state index contributed by atoms with van der Waals surface area (Å²) in [5.74, 6) is -1.33. The Morgan fingerprint density at radius 1 is 0.406 bits per heavy atom. The molecule has 0 N–H and O–H groups in total. The molecular formula is C24H8I2N2O4. The summed E-state index contributed by atoms with van der Waals surface area (Å²) in [5.41, 5.74) is 1.98. The molecule has 0 aliphatic carbocycles. The van der Waals surface area contributed by atoms with Crippen molar-refractivity contribution in [2.24, 2.45) is 0 Å². The van der Waals surface area contributed by atoms with Crippen LogP contribution in [-0.2, 0) is 0 Å². The number of fused-ring (bicyclic) bond motifs is 2. The van der Waals surface area contributed by atoms with Crippen molar-refractivity contribution in [2.75, 3.05) is 0 Å². The van der Waals surface area contributed by atoms with Gasteiger partial charge in [0.25, 0.3) is 23.6 Å². The number of carbonyl (C=O) groups is 4. The van der Waals surface area contributed by atoms with Crippen LogP contribution < -0.4 is 0 Å². The van der Waals surface area contributed by atoms with Crippen LogP contribution in [0.4, 0.5) is 0 Å². The standard InChI is InChI=1S/C24H8I2N2O4/c25-27-21(29)13-5-1-9-10-2-6-15-20-16(24(32)28(26)23(15)31)8-4-12(18(10)20)11-3-7-14(22(27)30)19(13)17(9)11/h1-8H. The Morgan fingerprint density at radius 3 is 0.906 bits per heavy atom. The average Bonchev–Trinajstić information content (AvgIpc) is 2.82. The summed E-state index contributed by atoms with van der Waals surface area (Å²) in [6, 6.07) is 14.6. The van der Waals surface area contributed by atoms with E-state index in [1.54, 1.807) is 70.0 Å². The monoisotopic (exact) mass is 642 g/mol. The maximum Gasteiger partial charge on any atom is 0.270 e. The molecule has 5 aromatic rings. The first-order valence-electron chi connectivity index (χ1n) is 9.69. The van der Waals surface area contributed by atoms with Crippen LogP contribution in [-0.4, -0.2) is 29.9 Å². The van der Waals surface area contributed by atoms with Crippen molar-refractivity contribution in [3.05, 3.63) is 70.8 Å². The van der Waals surface area contributed by atoms with Crippen molar-refractivity contribution in [3.63, 3.8) is 0 Å². The Balaban J connectivity index is 1.77. The molecule has 7 rings (SSSR count). The fraction of sp³-hybridized carbons (Fsp3) is 0. The second-order valence-corrected chi connectivity index (χ2v) is 9.85. The van der Waals surface area contributed by atoms with Crippen molar-refractivity contribution >= 4 is 112 Å². The first-order valence-corrected chi connectivity index (χ1v) is 11.6. The zero-order chi connectivity index (χ0) is 22.0. The van der Waals surface area contributed by atoms with Gasteiger partial charge in [-0.05, 0) is 56.6 Å². The smallest absolute Gasteiger partial charge is 0.268 e. The normalized spacial score (nSPS) is 15.9. The molecule has 8 heteroatoms. The molecular weight excluding hydrogens is 634 g/mol. The van der Waals surface area contributed by atoms with E-state index in [1.165, 1.54) is 0 Å². The van der Waals surface area contributed by atoms with Gasteiger partial charge in [0.1, 0.15) is 0 Å². The molecule has 0 atom stereocenters. The van der Waals surface area contributed by atoms with E-state index in [0.717, 1.165) is 38.5 Å². The summed E-state index contributed by atoms with van der Waals surface area (Å²) in [5, 5.41) is 6.57. The van der Waals surface area contributed by atoms with Crippen molar-refractivity contribution in [1.82, 2.24) is 6.23 Å². The molecule has 2 heterocycles. The van der Waals surface area contributed by atoms with Crippen LogP contribution in [0.25, 0.3) is 43.1 Å². The lowest BCUT2D eigenvalue weighted by molar-refractivity contribution is 0.0742. The van der Waals surface area contributed by atoms with Crippen LogP contribution in [0.3, 0.4) is 0 Å². The first kappa shape index (κ1) is 18.7. The fourth-order valence-corrected chi connectivity index (χ4v) is 6.25. The second kappa shape index (κ2) is 5.93. The van der Waals surface area contributed by atoms with Crippen LogP contribution in [0.5, 0.6) is 0 Å². The number of hydrogen-bond acceptors (Lipinski definition) is 4. The second-order valence-electron chi connectivity index (χ2n) is 7.93.